The second kappa shape index (κ2) is 7.60. The van der Waals surface area contributed by atoms with E-state index in [4.69, 9.17) is 5.10 Å². The van der Waals surface area contributed by atoms with Crippen molar-refractivity contribution in [2.45, 2.75) is 13.3 Å². The van der Waals surface area contributed by atoms with Crippen molar-refractivity contribution in [3.8, 4) is 22.4 Å². The van der Waals surface area contributed by atoms with Crippen LogP contribution in [0.15, 0.2) is 67.0 Å². The molecule has 1 amide bonds. The van der Waals surface area contributed by atoms with E-state index in [2.05, 4.69) is 10.3 Å². The Morgan fingerprint density at radius 2 is 1.79 bits per heavy atom. The molecule has 28 heavy (non-hydrogen) atoms. The van der Waals surface area contributed by atoms with Gasteiger partial charge in [-0.1, -0.05) is 13.0 Å². The zero-order chi connectivity index (χ0) is 19.5. The molecule has 6 heteroatoms. The van der Waals surface area contributed by atoms with Gasteiger partial charge in [-0.3, -0.25) is 9.78 Å². The first kappa shape index (κ1) is 17.9. The monoisotopic (exact) mass is 374 g/mol. The van der Waals surface area contributed by atoms with Gasteiger partial charge in [-0.25, -0.2) is 8.91 Å². The molecule has 0 atom stereocenters. The van der Waals surface area contributed by atoms with Crippen LogP contribution < -0.4 is 5.32 Å². The highest BCUT2D eigenvalue weighted by Gasteiger charge is 2.20. The minimum Gasteiger partial charge on any atom is -0.351 e. The fraction of sp³-hybridized carbons (Fsp3) is 0.136. The minimum absolute atomic E-state index is 0.179. The summed E-state index contributed by atoms with van der Waals surface area (Å²) < 4.78 is 15.1. The van der Waals surface area contributed by atoms with Crippen molar-refractivity contribution in [2.75, 3.05) is 6.54 Å². The topological polar surface area (TPSA) is 59.3 Å². The lowest BCUT2D eigenvalue weighted by atomic mass is 10.0. The van der Waals surface area contributed by atoms with Gasteiger partial charge in [0.2, 0.25) is 0 Å². The van der Waals surface area contributed by atoms with Crippen LogP contribution in [0.25, 0.3) is 27.9 Å². The number of pyridine rings is 2. The van der Waals surface area contributed by atoms with Crippen molar-refractivity contribution in [3.05, 3.63) is 78.5 Å². The Kier molecular flexibility index (Phi) is 4.85. The van der Waals surface area contributed by atoms with Crippen LogP contribution in [0.3, 0.4) is 0 Å². The Morgan fingerprint density at radius 1 is 1.04 bits per heavy atom. The smallest absolute Gasteiger partial charge is 0.269 e. The van der Waals surface area contributed by atoms with Crippen LogP contribution in [0.1, 0.15) is 23.8 Å². The normalized spacial score (nSPS) is 10.9. The van der Waals surface area contributed by atoms with Crippen LogP contribution >= 0.6 is 0 Å². The summed E-state index contributed by atoms with van der Waals surface area (Å²) in [6.45, 7) is 2.60. The van der Waals surface area contributed by atoms with E-state index >= 15 is 0 Å². The minimum atomic E-state index is -0.308. The van der Waals surface area contributed by atoms with E-state index in [-0.39, 0.29) is 11.7 Å². The summed E-state index contributed by atoms with van der Waals surface area (Å²) in [6, 6.07) is 15.5. The van der Waals surface area contributed by atoms with Crippen molar-refractivity contribution < 1.29 is 9.18 Å². The number of nitrogens with zero attached hydrogens (tertiary/aromatic N) is 3. The Balaban J connectivity index is 1.97. The van der Waals surface area contributed by atoms with Gasteiger partial charge in [-0.05, 0) is 60.5 Å². The number of halogens is 1. The van der Waals surface area contributed by atoms with Gasteiger partial charge in [0.15, 0.2) is 0 Å². The third kappa shape index (κ3) is 3.24. The zero-order valence-corrected chi connectivity index (χ0v) is 15.4. The molecule has 0 aliphatic rings. The van der Waals surface area contributed by atoms with E-state index in [0.29, 0.717) is 17.9 Å². The molecule has 0 bridgehead atoms. The van der Waals surface area contributed by atoms with Crippen LogP contribution in [-0.2, 0) is 0 Å². The van der Waals surface area contributed by atoms with Crippen molar-refractivity contribution >= 4 is 11.4 Å². The Bertz CT molecular complexity index is 1120. The second-order valence-electron chi connectivity index (χ2n) is 6.43. The van der Waals surface area contributed by atoms with Gasteiger partial charge in [0.1, 0.15) is 17.2 Å². The number of carbonyl (C=O) groups is 1. The van der Waals surface area contributed by atoms with E-state index in [1.165, 1.54) is 12.1 Å². The molecule has 3 aromatic heterocycles. The number of nitrogens with one attached hydrogen (secondary N) is 1. The van der Waals surface area contributed by atoms with Gasteiger partial charge in [0.25, 0.3) is 5.91 Å². The largest absolute Gasteiger partial charge is 0.351 e. The Labute approximate surface area is 161 Å². The van der Waals surface area contributed by atoms with E-state index in [1.54, 1.807) is 35.1 Å². The van der Waals surface area contributed by atoms with Crippen LogP contribution in [0, 0.1) is 5.82 Å². The fourth-order valence-electron chi connectivity index (χ4n) is 3.18. The lowest BCUT2D eigenvalue weighted by Crippen LogP contribution is -2.26. The van der Waals surface area contributed by atoms with Crippen LogP contribution in [0.4, 0.5) is 4.39 Å². The highest BCUT2D eigenvalue weighted by Crippen LogP contribution is 2.35. The second-order valence-corrected chi connectivity index (χ2v) is 6.43. The number of carbonyl (C=O) groups excluding carboxylic acids is 1. The molecule has 4 aromatic rings. The van der Waals surface area contributed by atoms with E-state index in [1.807, 2.05) is 31.2 Å². The number of aromatic nitrogens is 3. The molecule has 0 fully saturated rings. The first-order valence-corrected chi connectivity index (χ1v) is 9.15. The Morgan fingerprint density at radius 3 is 2.50 bits per heavy atom. The molecule has 0 spiro atoms. The third-order valence-corrected chi connectivity index (χ3v) is 4.51. The highest BCUT2D eigenvalue weighted by atomic mass is 19.1. The van der Waals surface area contributed by atoms with Gasteiger partial charge < -0.3 is 5.32 Å². The van der Waals surface area contributed by atoms with Crippen molar-refractivity contribution in [2.24, 2.45) is 0 Å². The fourth-order valence-corrected chi connectivity index (χ4v) is 3.18. The van der Waals surface area contributed by atoms with E-state index in [9.17, 15) is 9.18 Å². The summed E-state index contributed by atoms with van der Waals surface area (Å²) in [5, 5.41) is 7.63. The molecule has 0 radical (unpaired) electrons. The van der Waals surface area contributed by atoms with Crippen LogP contribution in [0.2, 0.25) is 0 Å². The molecule has 0 aliphatic heterocycles. The molecule has 4 rings (SSSR count). The Hall–Kier alpha value is -3.54. The average molecular weight is 374 g/mol. The molecule has 1 N–H and O–H groups in total. The van der Waals surface area contributed by atoms with Gasteiger partial charge in [0.05, 0.1) is 5.52 Å². The van der Waals surface area contributed by atoms with Crippen molar-refractivity contribution in [3.63, 3.8) is 0 Å². The number of fused-ring (bicyclic) bond motifs is 1. The highest BCUT2D eigenvalue weighted by molar-refractivity contribution is 5.97. The number of amides is 1. The van der Waals surface area contributed by atoms with Crippen molar-refractivity contribution in [1.29, 1.82) is 0 Å². The maximum Gasteiger partial charge on any atom is 0.269 e. The lowest BCUT2D eigenvalue weighted by Gasteiger charge is -2.06. The zero-order valence-electron chi connectivity index (χ0n) is 15.4. The first-order chi connectivity index (χ1) is 13.7. The standard InChI is InChI=1S/C22H19FN4O/c1-2-12-25-22(28)19-5-3-4-18-20(15-10-13-24-14-11-15)21(26-27(18)19)16-6-8-17(23)9-7-16/h3-11,13-14H,2,12H2,1H3,(H,25,28). The summed E-state index contributed by atoms with van der Waals surface area (Å²) in [4.78, 5) is 16.7. The first-order valence-electron chi connectivity index (χ1n) is 9.15. The predicted octanol–water partition coefficient (Wildman–Crippen LogP) is 4.34. The average Bonchev–Trinajstić information content (AvgIpc) is 3.12. The molecule has 0 aliphatic carbocycles. The summed E-state index contributed by atoms with van der Waals surface area (Å²) >= 11 is 0. The van der Waals surface area contributed by atoms with Crippen molar-refractivity contribution in [1.82, 2.24) is 19.9 Å². The van der Waals surface area contributed by atoms with E-state index in [0.717, 1.165) is 28.6 Å². The number of rotatable bonds is 5. The number of hydrogen-bond acceptors (Lipinski definition) is 3. The lowest BCUT2D eigenvalue weighted by molar-refractivity contribution is 0.0946. The van der Waals surface area contributed by atoms with Gasteiger partial charge in [-0.2, -0.15) is 5.10 Å². The number of hydrogen-bond donors (Lipinski definition) is 1. The predicted molar refractivity (Wildman–Crippen MR) is 106 cm³/mol. The molecular formula is C22H19FN4O. The molecule has 1 aromatic carbocycles. The summed E-state index contributed by atoms with van der Waals surface area (Å²) in [6.07, 6.45) is 4.28. The molecule has 0 saturated carbocycles. The maximum absolute atomic E-state index is 13.4. The van der Waals surface area contributed by atoms with Gasteiger partial charge in [-0.15, -0.1) is 0 Å². The van der Waals surface area contributed by atoms with Gasteiger partial charge in [0, 0.05) is 30.1 Å². The maximum atomic E-state index is 13.4. The van der Waals surface area contributed by atoms with Gasteiger partial charge >= 0.3 is 0 Å². The quantitative estimate of drug-likeness (QED) is 0.565. The van der Waals surface area contributed by atoms with Crippen LogP contribution in [-0.4, -0.2) is 27.0 Å². The molecular weight excluding hydrogens is 355 g/mol. The summed E-state index contributed by atoms with van der Waals surface area (Å²) in [5.41, 5.74) is 4.51. The summed E-state index contributed by atoms with van der Waals surface area (Å²) in [7, 11) is 0. The molecule has 5 nitrogen and oxygen atoms in total. The molecule has 0 unspecified atom stereocenters. The van der Waals surface area contributed by atoms with E-state index < -0.39 is 0 Å². The molecule has 140 valence electrons. The molecule has 0 saturated heterocycles. The number of benzene rings is 1. The van der Waals surface area contributed by atoms with Crippen LogP contribution in [0.5, 0.6) is 0 Å². The summed E-state index contributed by atoms with van der Waals surface area (Å²) in [5.74, 6) is -0.487. The molecule has 3 heterocycles. The SMILES string of the molecule is CCCNC(=O)c1cccc2c(-c3ccncc3)c(-c3ccc(F)cc3)nn12. The third-order valence-electron chi connectivity index (χ3n) is 4.51.